The van der Waals surface area contributed by atoms with Crippen LogP contribution in [-0.4, -0.2) is 31.4 Å². The highest BCUT2D eigenvalue weighted by atomic mass is 16.5. The quantitative estimate of drug-likeness (QED) is 0.806. The SMILES string of the molecule is COC(=O)c1cc(C(=O)N[C@H](C)c2ccccc2)cc(N2CCCCC2=O)c1. The van der Waals surface area contributed by atoms with Gasteiger partial charge in [-0.05, 0) is 43.5 Å². The molecule has 0 unspecified atom stereocenters. The van der Waals surface area contributed by atoms with Crippen LogP contribution in [-0.2, 0) is 9.53 Å². The van der Waals surface area contributed by atoms with Gasteiger partial charge in [0.1, 0.15) is 0 Å². The van der Waals surface area contributed by atoms with E-state index in [9.17, 15) is 14.4 Å². The van der Waals surface area contributed by atoms with E-state index in [0.717, 1.165) is 18.4 Å². The van der Waals surface area contributed by atoms with Crippen molar-refractivity contribution in [1.29, 1.82) is 0 Å². The maximum absolute atomic E-state index is 12.8. The van der Waals surface area contributed by atoms with Gasteiger partial charge in [0.15, 0.2) is 0 Å². The van der Waals surface area contributed by atoms with Gasteiger partial charge in [0, 0.05) is 24.2 Å². The Kier molecular flexibility index (Phi) is 6.09. The van der Waals surface area contributed by atoms with Crippen LogP contribution in [0.25, 0.3) is 0 Å². The van der Waals surface area contributed by atoms with Gasteiger partial charge < -0.3 is 15.0 Å². The van der Waals surface area contributed by atoms with E-state index in [4.69, 9.17) is 4.74 Å². The molecule has 2 aromatic carbocycles. The average Bonchev–Trinajstić information content (AvgIpc) is 2.73. The number of ether oxygens (including phenoxy) is 1. The van der Waals surface area contributed by atoms with Crippen molar-refractivity contribution in [2.45, 2.75) is 32.2 Å². The minimum absolute atomic E-state index is 0.00252. The molecule has 28 heavy (non-hydrogen) atoms. The van der Waals surface area contributed by atoms with E-state index in [2.05, 4.69) is 5.32 Å². The molecule has 0 bridgehead atoms. The Morgan fingerprint density at radius 2 is 1.79 bits per heavy atom. The fraction of sp³-hybridized carbons (Fsp3) is 0.318. The van der Waals surface area contributed by atoms with Gasteiger partial charge >= 0.3 is 5.97 Å². The first-order valence-corrected chi connectivity index (χ1v) is 9.39. The maximum Gasteiger partial charge on any atom is 0.337 e. The van der Waals surface area contributed by atoms with E-state index in [0.29, 0.717) is 24.2 Å². The summed E-state index contributed by atoms with van der Waals surface area (Å²) in [7, 11) is 1.29. The Hall–Kier alpha value is -3.15. The lowest BCUT2D eigenvalue weighted by molar-refractivity contribution is -0.119. The topological polar surface area (TPSA) is 75.7 Å². The molecular weight excluding hydrogens is 356 g/mol. The van der Waals surface area contributed by atoms with Gasteiger partial charge in [0.2, 0.25) is 5.91 Å². The summed E-state index contributed by atoms with van der Waals surface area (Å²) in [4.78, 5) is 38.9. The van der Waals surface area contributed by atoms with E-state index >= 15 is 0 Å². The smallest absolute Gasteiger partial charge is 0.337 e. The fourth-order valence-corrected chi connectivity index (χ4v) is 3.32. The second kappa shape index (κ2) is 8.69. The van der Waals surface area contributed by atoms with Crippen molar-refractivity contribution in [3.05, 3.63) is 65.2 Å². The van der Waals surface area contributed by atoms with Crippen molar-refractivity contribution < 1.29 is 19.1 Å². The van der Waals surface area contributed by atoms with Crippen LogP contribution >= 0.6 is 0 Å². The molecule has 3 rings (SSSR count). The Labute approximate surface area is 164 Å². The molecule has 0 saturated carbocycles. The van der Waals surface area contributed by atoms with Gasteiger partial charge in [-0.15, -0.1) is 0 Å². The highest BCUT2D eigenvalue weighted by Crippen LogP contribution is 2.25. The molecule has 0 aromatic heterocycles. The monoisotopic (exact) mass is 380 g/mol. The van der Waals surface area contributed by atoms with Crippen molar-refractivity contribution in [3.8, 4) is 0 Å². The number of hydrogen-bond donors (Lipinski definition) is 1. The number of rotatable bonds is 5. The van der Waals surface area contributed by atoms with Gasteiger partial charge in [-0.25, -0.2) is 4.79 Å². The normalized spacial score (nSPS) is 15.1. The Morgan fingerprint density at radius 3 is 2.46 bits per heavy atom. The van der Waals surface area contributed by atoms with Crippen molar-refractivity contribution >= 4 is 23.5 Å². The van der Waals surface area contributed by atoms with Gasteiger partial charge in [-0.2, -0.15) is 0 Å². The summed E-state index contributed by atoms with van der Waals surface area (Å²) in [5.41, 5.74) is 2.09. The van der Waals surface area contributed by atoms with Crippen LogP contribution in [0.3, 0.4) is 0 Å². The zero-order valence-corrected chi connectivity index (χ0v) is 16.1. The summed E-state index contributed by atoms with van der Waals surface area (Å²) in [5, 5.41) is 2.94. The molecule has 0 spiro atoms. The predicted molar refractivity (Wildman–Crippen MR) is 106 cm³/mol. The Balaban J connectivity index is 1.90. The number of carbonyl (C=O) groups is 3. The van der Waals surface area contributed by atoms with Crippen LogP contribution in [0.15, 0.2) is 48.5 Å². The molecule has 6 heteroatoms. The molecule has 2 aromatic rings. The van der Waals surface area contributed by atoms with E-state index in [1.807, 2.05) is 37.3 Å². The molecule has 2 amide bonds. The van der Waals surface area contributed by atoms with Crippen molar-refractivity contribution in [1.82, 2.24) is 5.32 Å². The molecule has 1 aliphatic heterocycles. The lowest BCUT2D eigenvalue weighted by Crippen LogP contribution is -2.35. The summed E-state index contributed by atoms with van der Waals surface area (Å²) in [6, 6.07) is 14.2. The number of anilines is 1. The second-order valence-electron chi connectivity index (χ2n) is 6.87. The van der Waals surface area contributed by atoms with Crippen LogP contribution in [0.4, 0.5) is 5.69 Å². The summed E-state index contributed by atoms with van der Waals surface area (Å²) >= 11 is 0. The highest BCUT2D eigenvalue weighted by molar-refractivity contribution is 6.02. The number of benzene rings is 2. The van der Waals surface area contributed by atoms with Gasteiger partial charge in [-0.3, -0.25) is 9.59 Å². The first-order valence-electron chi connectivity index (χ1n) is 9.39. The third-order valence-electron chi connectivity index (χ3n) is 4.88. The number of piperidine rings is 1. The standard InChI is InChI=1S/C22H24N2O4/c1-15(16-8-4-3-5-9-16)23-21(26)17-12-18(22(27)28-2)14-19(13-17)24-11-7-6-10-20(24)25/h3-5,8-9,12-15H,6-7,10-11H2,1-2H3,(H,23,26)/t15-/m1/s1. The molecule has 1 heterocycles. The van der Waals surface area contributed by atoms with Crippen LogP contribution < -0.4 is 10.2 Å². The molecule has 6 nitrogen and oxygen atoms in total. The van der Waals surface area contributed by atoms with E-state index in [1.165, 1.54) is 13.2 Å². The molecule has 1 N–H and O–H groups in total. The second-order valence-corrected chi connectivity index (χ2v) is 6.87. The number of hydrogen-bond acceptors (Lipinski definition) is 4. The number of carbonyl (C=O) groups excluding carboxylic acids is 3. The summed E-state index contributed by atoms with van der Waals surface area (Å²) < 4.78 is 4.82. The summed E-state index contributed by atoms with van der Waals surface area (Å²) in [6.45, 7) is 2.47. The van der Waals surface area contributed by atoms with Crippen molar-refractivity contribution in [3.63, 3.8) is 0 Å². The number of amides is 2. The van der Waals surface area contributed by atoms with Crippen LogP contribution in [0, 0.1) is 0 Å². The highest BCUT2D eigenvalue weighted by Gasteiger charge is 2.23. The molecule has 1 fully saturated rings. The first kappa shape index (κ1) is 19.6. The van der Waals surface area contributed by atoms with Crippen LogP contribution in [0.2, 0.25) is 0 Å². The minimum Gasteiger partial charge on any atom is -0.465 e. The van der Waals surface area contributed by atoms with Gasteiger partial charge in [0.25, 0.3) is 5.91 Å². The van der Waals surface area contributed by atoms with Crippen molar-refractivity contribution in [2.75, 3.05) is 18.6 Å². The average molecular weight is 380 g/mol. The van der Waals surface area contributed by atoms with E-state index in [1.54, 1.807) is 17.0 Å². The third kappa shape index (κ3) is 4.39. The molecule has 1 saturated heterocycles. The van der Waals surface area contributed by atoms with E-state index in [-0.39, 0.29) is 23.4 Å². The minimum atomic E-state index is -0.545. The Morgan fingerprint density at radius 1 is 1.07 bits per heavy atom. The lowest BCUT2D eigenvalue weighted by Gasteiger charge is -2.27. The summed E-state index contributed by atoms with van der Waals surface area (Å²) in [6.07, 6.45) is 2.21. The van der Waals surface area contributed by atoms with Crippen LogP contribution in [0.5, 0.6) is 0 Å². The molecular formula is C22H24N2O4. The number of nitrogens with zero attached hydrogens (tertiary/aromatic N) is 1. The van der Waals surface area contributed by atoms with Gasteiger partial charge in [-0.1, -0.05) is 30.3 Å². The first-order chi connectivity index (χ1) is 13.5. The Bertz CT molecular complexity index is 879. The molecule has 1 atom stereocenters. The van der Waals surface area contributed by atoms with Gasteiger partial charge in [0.05, 0.1) is 18.7 Å². The zero-order valence-electron chi connectivity index (χ0n) is 16.1. The number of methoxy groups -OCH3 is 1. The van der Waals surface area contributed by atoms with E-state index < -0.39 is 5.97 Å². The largest absolute Gasteiger partial charge is 0.465 e. The zero-order chi connectivity index (χ0) is 20.1. The molecule has 0 aliphatic carbocycles. The number of esters is 1. The maximum atomic E-state index is 12.8. The molecule has 0 radical (unpaired) electrons. The molecule has 146 valence electrons. The fourth-order valence-electron chi connectivity index (χ4n) is 3.32. The number of nitrogens with one attached hydrogen (secondary N) is 1. The predicted octanol–water partition coefficient (Wildman–Crippen LogP) is 3.48. The van der Waals surface area contributed by atoms with Crippen molar-refractivity contribution in [2.24, 2.45) is 0 Å². The lowest BCUT2D eigenvalue weighted by atomic mass is 10.0. The molecule has 1 aliphatic rings. The summed E-state index contributed by atoms with van der Waals surface area (Å²) in [5.74, 6) is -0.860. The third-order valence-corrected chi connectivity index (χ3v) is 4.88. The van der Waals surface area contributed by atoms with Crippen LogP contribution in [0.1, 0.15) is 58.5 Å².